The maximum Gasteiger partial charge on any atom is 0.135 e. The number of carbonyl (C=O) groups is 1. The third kappa shape index (κ3) is 2.43. The van der Waals surface area contributed by atoms with Crippen LogP contribution in [-0.2, 0) is 4.79 Å². The molecule has 15 heavy (non-hydrogen) atoms. The summed E-state index contributed by atoms with van der Waals surface area (Å²) in [5, 5.41) is 0. The van der Waals surface area contributed by atoms with Crippen LogP contribution in [0.3, 0.4) is 0 Å². The van der Waals surface area contributed by atoms with Gasteiger partial charge in [0.1, 0.15) is 5.78 Å². The molecule has 0 bridgehead atoms. The van der Waals surface area contributed by atoms with Crippen molar-refractivity contribution in [3.8, 4) is 0 Å². The van der Waals surface area contributed by atoms with E-state index in [4.69, 9.17) is 0 Å². The van der Waals surface area contributed by atoms with Gasteiger partial charge in [0.15, 0.2) is 0 Å². The second-order valence-corrected chi connectivity index (χ2v) is 6.77. The molecule has 3 unspecified atom stereocenters. The Balaban J connectivity index is 2.99. The molecule has 1 aliphatic rings. The van der Waals surface area contributed by atoms with Crippen LogP contribution in [0.4, 0.5) is 0 Å². The normalized spacial score (nSPS) is 37.7. The number of ketones is 1. The van der Waals surface area contributed by atoms with Gasteiger partial charge < -0.3 is 0 Å². The molecule has 1 nitrogen and oxygen atoms in total. The Bertz CT molecular complexity index is 249. The van der Waals surface area contributed by atoms with Crippen molar-refractivity contribution in [2.45, 2.75) is 60.8 Å². The predicted octanol–water partition coefficient (Wildman–Crippen LogP) is 4.06. The molecule has 0 aromatic carbocycles. The first-order valence-corrected chi connectivity index (χ1v) is 6.19. The molecular weight excluding hydrogens is 184 g/mol. The second kappa shape index (κ2) is 3.92. The van der Waals surface area contributed by atoms with E-state index in [1.165, 1.54) is 12.8 Å². The summed E-state index contributed by atoms with van der Waals surface area (Å²) in [5.41, 5.74) is 0.167. The van der Waals surface area contributed by atoms with Crippen LogP contribution in [-0.4, -0.2) is 5.78 Å². The van der Waals surface area contributed by atoms with Gasteiger partial charge in [0.2, 0.25) is 0 Å². The van der Waals surface area contributed by atoms with Crippen molar-refractivity contribution in [1.82, 2.24) is 0 Å². The molecule has 0 aromatic rings. The number of hydrogen-bond acceptors (Lipinski definition) is 1. The van der Waals surface area contributed by atoms with Gasteiger partial charge in [-0.25, -0.2) is 0 Å². The fourth-order valence-electron chi connectivity index (χ4n) is 3.23. The van der Waals surface area contributed by atoms with E-state index in [0.717, 1.165) is 12.3 Å². The molecule has 3 atom stereocenters. The first-order valence-electron chi connectivity index (χ1n) is 6.19. The van der Waals surface area contributed by atoms with Crippen molar-refractivity contribution in [2.75, 3.05) is 0 Å². The summed E-state index contributed by atoms with van der Waals surface area (Å²) in [6.07, 6.45) is 3.49. The summed E-state index contributed by atoms with van der Waals surface area (Å²) in [7, 11) is 0. The van der Waals surface area contributed by atoms with Crippen molar-refractivity contribution in [2.24, 2.45) is 22.7 Å². The summed E-state index contributed by atoms with van der Waals surface area (Å²) in [5.74, 6) is 1.70. The van der Waals surface area contributed by atoms with Gasteiger partial charge >= 0.3 is 0 Å². The molecule has 1 heteroatoms. The lowest BCUT2D eigenvalue weighted by Crippen LogP contribution is -2.45. The lowest BCUT2D eigenvalue weighted by atomic mass is 9.55. The van der Waals surface area contributed by atoms with E-state index >= 15 is 0 Å². The number of Topliss-reactive ketones (excluding diaryl/α,β-unsaturated/α-hetero) is 1. The van der Waals surface area contributed by atoms with Gasteiger partial charge in [-0.05, 0) is 43.4 Å². The summed E-state index contributed by atoms with van der Waals surface area (Å²) in [4.78, 5) is 11.9. The highest BCUT2D eigenvalue weighted by Crippen LogP contribution is 2.51. The maximum absolute atomic E-state index is 11.9. The Morgan fingerprint density at radius 3 is 2.27 bits per heavy atom. The third-order valence-corrected chi connectivity index (χ3v) is 4.41. The molecule has 0 saturated heterocycles. The van der Waals surface area contributed by atoms with Crippen LogP contribution in [0.2, 0.25) is 0 Å². The van der Waals surface area contributed by atoms with Crippen LogP contribution in [0.5, 0.6) is 0 Å². The van der Waals surface area contributed by atoms with Gasteiger partial charge in [0, 0.05) is 5.41 Å². The van der Waals surface area contributed by atoms with Gasteiger partial charge in [-0.15, -0.1) is 0 Å². The monoisotopic (exact) mass is 210 g/mol. The molecule has 1 saturated carbocycles. The Hall–Kier alpha value is -0.330. The zero-order valence-electron chi connectivity index (χ0n) is 11.2. The first kappa shape index (κ1) is 12.7. The van der Waals surface area contributed by atoms with Crippen LogP contribution in [0.1, 0.15) is 60.8 Å². The van der Waals surface area contributed by atoms with Crippen molar-refractivity contribution < 1.29 is 4.79 Å². The number of carbonyl (C=O) groups excluding carboxylic acids is 1. The maximum atomic E-state index is 11.9. The quantitative estimate of drug-likeness (QED) is 0.637. The largest absolute Gasteiger partial charge is 0.299 e. The van der Waals surface area contributed by atoms with Crippen LogP contribution in [0.15, 0.2) is 0 Å². The summed E-state index contributed by atoms with van der Waals surface area (Å²) in [6.45, 7) is 13.1. The molecular formula is C14H26O. The van der Waals surface area contributed by atoms with Crippen LogP contribution in [0, 0.1) is 22.7 Å². The van der Waals surface area contributed by atoms with Gasteiger partial charge in [0.25, 0.3) is 0 Å². The van der Waals surface area contributed by atoms with Crippen LogP contribution >= 0.6 is 0 Å². The van der Waals surface area contributed by atoms with E-state index in [0.29, 0.717) is 11.7 Å². The van der Waals surface area contributed by atoms with Gasteiger partial charge in [-0.3, -0.25) is 4.79 Å². The van der Waals surface area contributed by atoms with Crippen LogP contribution < -0.4 is 0 Å². The minimum atomic E-state index is -0.0786. The molecule has 0 radical (unpaired) electrons. The smallest absolute Gasteiger partial charge is 0.135 e. The number of rotatable bonds is 1. The third-order valence-electron chi connectivity index (χ3n) is 4.41. The Morgan fingerprint density at radius 2 is 1.87 bits per heavy atom. The average molecular weight is 210 g/mol. The SMILES string of the molecule is CC(=O)C1(C)CCC(C)CC1C(C)(C)C. The minimum Gasteiger partial charge on any atom is -0.299 e. The van der Waals surface area contributed by atoms with E-state index in [1.54, 1.807) is 6.92 Å². The highest BCUT2D eigenvalue weighted by molar-refractivity contribution is 5.82. The predicted molar refractivity (Wildman–Crippen MR) is 64.7 cm³/mol. The molecule has 1 aliphatic carbocycles. The summed E-state index contributed by atoms with van der Waals surface area (Å²) < 4.78 is 0. The second-order valence-electron chi connectivity index (χ2n) is 6.77. The van der Waals surface area contributed by atoms with E-state index in [1.807, 2.05) is 0 Å². The minimum absolute atomic E-state index is 0.0786. The van der Waals surface area contributed by atoms with Gasteiger partial charge in [0.05, 0.1) is 0 Å². The van der Waals surface area contributed by atoms with E-state index in [-0.39, 0.29) is 10.8 Å². The summed E-state index contributed by atoms with van der Waals surface area (Å²) in [6, 6.07) is 0. The highest BCUT2D eigenvalue weighted by Gasteiger charge is 2.47. The molecule has 0 spiro atoms. The van der Waals surface area contributed by atoms with Crippen molar-refractivity contribution in [3.05, 3.63) is 0 Å². The van der Waals surface area contributed by atoms with Crippen molar-refractivity contribution >= 4 is 5.78 Å². The molecule has 0 amide bonds. The zero-order valence-corrected chi connectivity index (χ0v) is 11.2. The average Bonchev–Trinajstić information content (AvgIpc) is 2.07. The molecule has 0 aromatic heterocycles. The Kier molecular flexibility index (Phi) is 3.33. The Labute approximate surface area is 94.6 Å². The van der Waals surface area contributed by atoms with E-state index < -0.39 is 0 Å². The van der Waals surface area contributed by atoms with E-state index in [9.17, 15) is 4.79 Å². The highest BCUT2D eigenvalue weighted by atomic mass is 16.1. The fraction of sp³-hybridized carbons (Fsp3) is 0.929. The zero-order chi connectivity index (χ0) is 11.9. The molecule has 0 N–H and O–H groups in total. The lowest BCUT2D eigenvalue weighted by molar-refractivity contribution is -0.135. The molecule has 1 fully saturated rings. The molecule has 1 rings (SSSR count). The van der Waals surface area contributed by atoms with Gasteiger partial charge in [-0.1, -0.05) is 34.6 Å². The summed E-state index contributed by atoms with van der Waals surface area (Å²) >= 11 is 0. The topological polar surface area (TPSA) is 17.1 Å². The van der Waals surface area contributed by atoms with Crippen molar-refractivity contribution in [3.63, 3.8) is 0 Å². The lowest BCUT2D eigenvalue weighted by Gasteiger charge is -2.48. The standard InChI is InChI=1S/C14H26O/c1-10-7-8-14(6,11(2)15)12(9-10)13(3,4)5/h10,12H,7-9H2,1-6H3. The van der Waals surface area contributed by atoms with E-state index in [2.05, 4.69) is 34.6 Å². The molecule has 0 heterocycles. The Morgan fingerprint density at radius 1 is 1.33 bits per heavy atom. The first-order chi connectivity index (χ1) is 6.68. The van der Waals surface area contributed by atoms with Crippen LogP contribution in [0.25, 0.3) is 0 Å². The van der Waals surface area contributed by atoms with Crippen molar-refractivity contribution in [1.29, 1.82) is 0 Å². The van der Waals surface area contributed by atoms with Gasteiger partial charge in [-0.2, -0.15) is 0 Å². The molecule has 88 valence electrons. The number of hydrogen-bond donors (Lipinski definition) is 0. The fourth-order valence-corrected chi connectivity index (χ4v) is 3.23. The molecule has 0 aliphatic heterocycles.